The van der Waals surface area contributed by atoms with Crippen LogP contribution >= 0.6 is 0 Å². The van der Waals surface area contributed by atoms with Crippen molar-refractivity contribution < 1.29 is 4.74 Å². The molecule has 6 nitrogen and oxygen atoms in total. The van der Waals surface area contributed by atoms with Crippen molar-refractivity contribution in [1.29, 1.82) is 0 Å². The maximum Gasteiger partial charge on any atom is 0.0700 e. The zero-order valence-corrected chi connectivity index (χ0v) is 19.0. The number of rotatable bonds is 7. The fourth-order valence-electron chi connectivity index (χ4n) is 5.10. The smallest absolute Gasteiger partial charge is 0.0700 e. The summed E-state index contributed by atoms with van der Waals surface area (Å²) in [6.07, 6.45) is 9.72. The minimum absolute atomic E-state index is 0.203. The average Bonchev–Trinajstić information content (AvgIpc) is 2.79. The molecular formula is C25H37N5O. The minimum Gasteiger partial charge on any atom is -0.375 e. The van der Waals surface area contributed by atoms with Crippen LogP contribution in [0.3, 0.4) is 0 Å². The van der Waals surface area contributed by atoms with E-state index in [-0.39, 0.29) is 12.1 Å². The monoisotopic (exact) mass is 423 g/mol. The van der Waals surface area contributed by atoms with Crippen LogP contribution < -0.4 is 11.1 Å². The molecule has 4 heterocycles. The number of likely N-dealkylation sites (tertiary alicyclic amines) is 1. The first-order chi connectivity index (χ1) is 15.1. The van der Waals surface area contributed by atoms with Gasteiger partial charge < -0.3 is 15.8 Å². The van der Waals surface area contributed by atoms with Gasteiger partial charge in [-0.15, -0.1) is 0 Å². The van der Waals surface area contributed by atoms with Crippen LogP contribution in [0.5, 0.6) is 0 Å². The third-order valence-corrected chi connectivity index (χ3v) is 6.81. The molecule has 2 saturated heterocycles. The van der Waals surface area contributed by atoms with Crippen molar-refractivity contribution in [2.75, 3.05) is 26.2 Å². The van der Waals surface area contributed by atoms with Crippen LogP contribution in [0.1, 0.15) is 66.7 Å². The highest BCUT2D eigenvalue weighted by atomic mass is 16.5. The number of aryl methyl sites for hydroxylation is 2. The molecule has 2 aliphatic heterocycles. The van der Waals surface area contributed by atoms with Gasteiger partial charge in [-0.05, 0) is 69.2 Å². The Labute approximate surface area is 186 Å². The molecule has 31 heavy (non-hydrogen) atoms. The predicted octanol–water partition coefficient (Wildman–Crippen LogP) is 3.46. The normalized spacial score (nSPS) is 27.3. The van der Waals surface area contributed by atoms with Crippen LogP contribution in [-0.2, 0) is 4.74 Å². The van der Waals surface area contributed by atoms with Crippen molar-refractivity contribution in [3.05, 3.63) is 59.2 Å². The molecule has 3 N–H and O–H groups in total. The molecular weight excluding hydrogens is 386 g/mol. The summed E-state index contributed by atoms with van der Waals surface area (Å²) in [5.74, 6) is 0. The fraction of sp³-hybridized carbons (Fsp3) is 0.600. The Balaban J connectivity index is 1.47. The summed E-state index contributed by atoms with van der Waals surface area (Å²) in [7, 11) is 0. The summed E-state index contributed by atoms with van der Waals surface area (Å²) in [6.45, 7) is 7.82. The topological polar surface area (TPSA) is 76.3 Å². The van der Waals surface area contributed by atoms with Crippen LogP contribution in [0, 0.1) is 13.8 Å². The van der Waals surface area contributed by atoms with Gasteiger partial charge in [0.05, 0.1) is 36.2 Å². The number of piperidine rings is 1. The number of ether oxygens (including phenoxy) is 1. The molecule has 0 bridgehead atoms. The SMILES string of the molecule is Cc1cccnc1[C@H]1CCC[C@@H](c2ncccc2C)N1CCNC[C@@H]1CC[C@@H](N)CO1. The number of nitrogens with one attached hydrogen (secondary N) is 1. The molecule has 2 fully saturated rings. The molecule has 0 radical (unpaired) electrons. The van der Waals surface area contributed by atoms with Gasteiger partial charge in [-0.25, -0.2) is 0 Å². The number of aromatic nitrogens is 2. The summed E-state index contributed by atoms with van der Waals surface area (Å²) < 4.78 is 5.87. The van der Waals surface area contributed by atoms with Gasteiger partial charge in [-0.2, -0.15) is 0 Å². The third kappa shape index (κ3) is 5.50. The highest BCUT2D eigenvalue weighted by Gasteiger charge is 2.35. The van der Waals surface area contributed by atoms with E-state index in [1.54, 1.807) is 0 Å². The number of hydrogen-bond donors (Lipinski definition) is 2. The van der Waals surface area contributed by atoms with E-state index in [1.807, 2.05) is 24.5 Å². The van der Waals surface area contributed by atoms with Gasteiger partial charge in [-0.3, -0.25) is 14.9 Å². The molecule has 2 aromatic heterocycles. The maximum absolute atomic E-state index is 5.95. The van der Waals surface area contributed by atoms with Crippen molar-refractivity contribution in [3.63, 3.8) is 0 Å². The van der Waals surface area contributed by atoms with Crippen LogP contribution in [0.25, 0.3) is 0 Å². The number of nitrogens with zero attached hydrogens (tertiary/aromatic N) is 3. The van der Waals surface area contributed by atoms with E-state index in [0.29, 0.717) is 18.7 Å². The van der Waals surface area contributed by atoms with E-state index in [1.165, 1.54) is 28.9 Å². The Morgan fingerprint density at radius 1 is 1.00 bits per heavy atom. The molecule has 0 amide bonds. The Morgan fingerprint density at radius 3 is 2.19 bits per heavy atom. The Bertz CT molecular complexity index is 783. The van der Waals surface area contributed by atoms with Gasteiger partial charge in [0.2, 0.25) is 0 Å². The van der Waals surface area contributed by atoms with Crippen LogP contribution in [0.4, 0.5) is 0 Å². The van der Waals surface area contributed by atoms with Crippen molar-refractivity contribution >= 4 is 0 Å². The molecule has 4 atom stereocenters. The lowest BCUT2D eigenvalue weighted by Crippen LogP contribution is -2.44. The summed E-state index contributed by atoms with van der Waals surface area (Å²) in [5, 5.41) is 3.64. The molecule has 168 valence electrons. The van der Waals surface area contributed by atoms with Crippen molar-refractivity contribution in [2.24, 2.45) is 5.73 Å². The second-order valence-corrected chi connectivity index (χ2v) is 9.11. The fourth-order valence-corrected chi connectivity index (χ4v) is 5.10. The van der Waals surface area contributed by atoms with E-state index >= 15 is 0 Å². The van der Waals surface area contributed by atoms with Gasteiger partial charge in [0.1, 0.15) is 0 Å². The molecule has 0 saturated carbocycles. The minimum atomic E-state index is 0.203. The van der Waals surface area contributed by atoms with Crippen molar-refractivity contribution in [1.82, 2.24) is 20.2 Å². The Hall–Kier alpha value is -1.86. The largest absolute Gasteiger partial charge is 0.375 e. The lowest BCUT2D eigenvalue weighted by Gasteiger charge is -2.42. The Kier molecular flexibility index (Phi) is 7.67. The zero-order valence-electron chi connectivity index (χ0n) is 19.0. The zero-order chi connectivity index (χ0) is 21.6. The number of pyridine rings is 2. The highest BCUT2D eigenvalue weighted by Crippen LogP contribution is 2.41. The number of hydrogen-bond acceptors (Lipinski definition) is 6. The van der Waals surface area contributed by atoms with E-state index in [9.17, 15) is 0 Å². The van der Waals surface area contributed by atoms with Crippen LogP contribution in [0.15, 0.2) is 36.7 Å². The summed E-state index contributed by atoms with van der Waals surface area (Å²) in [4.78, 5) is 12.2. The van der Waals surface area contributed by atoms with Gasteiger partial charge in [0.25, 0.3) is 0 Å². The molecule has 0 spiro atoms. The second kappa shape index (κ2) is 10.6. The highest BCUT2D eigenvalue weighted by molar-refractivity contribution is 5.26. The summed E-state index contributed by atoms with van der Waals surface area (Å²) >= 11 is 0. The van der Waals surface area contributed by atoms with Gasteiger partial charge in [-0.1, -0.05) is 12.1 Å². The lowest BCUT2D eigenvalue weighted by atomic mass is 9.89. The second-order valence-electron chi connectivity index (χ2n) is 9.11. The standard InChI is InChI=1S/C25H37N5O/c1-18-6-4-12-28-24(18)22-8-3-9-23(25-19(2)7-5-13-29-25)30(22)15-14-27-16-21-11-10-20(26)17-31-21/h4-7,12-13,20-23,27H,3,8-11,14-17,26H2,1-2H3/t20-,21+,22-,23+/m1/s1. The van der Waals surface area contributed by atoms with Gasteiger partial charge >= 0.3 is 0 Å². The first-order valence-electron chi connectivity index (χ1n) is 11.8. The molecule has 4 rings (SSSR count). The molecule has 2 aliphatic rings. The maximum atomic E-state index is 5.95. The van der Waals surface area contributed by atoms with E-state index in [0.717, 1.165) is 45.3 Å². The quantitative estimate of drug-likeness (QED) is 0.664. The summed E-state index contributed by atoms with van der Waals surface area (Å²) in [5.41, 5.74) is 10.9. The van der Waals surface area contributed by atoms with Gasteiger partial charge in [0.15, 0.2) is 0 Å². The Morgan fingerprint density at radius 2 is 1.65 bits per heavy atom. The first kappa shape index (κ1) is 22.3. The van der Waals surface area contributed by atoms with Gasteiger partial charge in [0, 0.05) is 38.1 Å². The molecule has 0 aromatic carbocycles. The molecule has 0 aliphatic carbocycles. The van der Waals surface area contributed by atoms with Crippen molar-refractivity contribution in [2.45, 2.75) is 70.2 Å². The summed E-state index contributed by atoms with van der Waals surface area (Å²) in [6, 6.07) is 9.28. The predicted molar refractivity (Wildman–Crippen MR) is 124 cm³/mol. The van der Waals surface area contributed by atoms with Crippen LogP contribution in [0.2, 0.25) is 0 Å². The first-order valence-corrected chi connectivity index (χ1v) is 11.8. The molecule has 6 heteroatoms. The third-order valence-electron chi connectivity index (χ3n) is 6.81. The number of nitrogens with two attached hydrogens (primary N) is 1. The average molecular weight is 424 g/mol. The lowest BCUT2D eigenvalue weighted by molar-refractivity contribution is 0.00526. The van der Waals surface area contributed by atoms with Crippen molar-refractivity contribution in [3.8, 4) is 0 Å². The molecule has 0 unspecified atom stereocenters. The van der Waals surface area contributed by atoms with E-state index < -0.39 is 0 Å². The van der Waals surface area contributed by atoms with E-state index in [2.05, 4.69) is 36.2 Å². The van der Waals surface area contributed by atoms with E-state index in [4.69, 9.17) is 20.4 Å². The molecule has 2 aromatic rings. The van der Waals surface area contributed by atoms with Crippen LogP contribution in [-0.4, -0.2) is 53.3 Å².